The molecular formula is C12H15F2NO3S. The van der Waals surface area contributed by atoms with Crippen molar-refractivity contribution in [1.82, 2.24) is 5.32 Å². The number of phenolic OH excluding ortho intramolecular Hbond substituents is 1. The normalized spacial score (nSPS) is 17.6. The van der Waals surface area contributed by atoms with E-state index >= 15 is 0 Å². The van der Waals surface area contributed by atoms with Crippen LogP contribution in [0.1, 0.15) is 24.3 Å². The van der Waals surface area contributed by atoms with Crippen LogP contribution in [0.5, 0.6) is 5.75 Å². The predicted octanol–water partition coefficient (Wildman–Crippen LogP) is 1.54. The third-order valence-corrected chi connectivity index (χ3v) is 4.45. The quantitative estimate of drug-likeness (QED) is 0.867. The fraction of sp³-hybridized carbons (Fsp3) is 0.500. The fourth-order valence-corrected chi connectivity index (χ4v) is 3.23. The third-order valence-electron chi connectivity index (χ3n) is 3.33. The second-order valence-electron chi connectivity index (χ2n) is 4.74. The molecule has 0 aromatic heterocycles. The number of piperidine rings is 1. The summed E-state index contributed by atoms with van der Waals surface area (Å²) in [6.45, 7) is 1.39. The summed E-state index contributed by atoms with van der Waals surface area (Å²) < 4.78 is 50.3. The van der Waals surface area contributed by atoms with Crippen molar-refractivity contribution in [3.8, 4) is 5.75 Å². The molecule has 0 spiro atoms. The number of phenols is 1. The third kappa shape index (κ3) is 2.71. The SMILES string of the molecule is CS(=O)(=O)c1c(F)cc(C2CCNCC2)c(O)c1F. The van der Waals surface area contributed by atoms with Gasteiger partial charge in [0.2, 0.25) is 0 Å². The van der Waals surface area contributed by atoms with E-state index in [0.717, 1.165) is 6.07 Å². The first kappa shape index (κ1) is 14.2. The van der Waals surface area contributed by atoms with Gasteiger partial charge in [0, 0.05) is 11.8 Å². The lowest BCUT2D eigenvalue weighted by atomic mass is 9.89. The molecule has 7 heteroatoms. The maximum absolute atomic E-state index is 13.9. The van der Waals surface area contributed by atoms with Gasteiger partial charge < -0.3 is 10.4 Å². The molecule has 0 atom stereocenters. The van der Waals surface area contributed by atoms with Gasteiger partial charge in [0.05, 0.1) is 0 Å². The van der Waals surface area contributed by atoms with Crippen molar-refractivity contribution in [2.75, 3.05) is 19.3 Å². The van der Waals surface area contributed by atoms with Crippen molar-refractivity contribution < 1.29 is 22.3 Å². The molecule has 0 amide bonds. The Labute approximate surface area is 110 Å². The van der Waals surface area contributed by atoms with E-state index < -0.39 is 32.1 Å². The van der Waals surface area contributed by atoms with Crippen LogP contribution in [0.25, 0.3) is 0 Å². The van der Waals surface area contributed by atoms with E-state index in [4.69, 9.17) is 0 Å². The van der Waals surface area contributed by atoms with E-state index in [9.17, 15) is 22.3 Å². The molecule has 0 radical (unpaired) electrons. The molecule has 0 unspecified atom stereocenters. The van der Waals surface area contributed by atoms with Crippen molar-refractivity contribution in [3.05, 3.63) is 23.3 Å². The molecule has 4 nitrogen and oxygen atoms in total. The zero-order valence-electron chi connectivity index (χ0n) is 10.4. The Morgan fingerprint density at radius 1 is 1.32 bits per heavy atom. The second kappa shape index (κ2) is 5.05. The van der Waals surface area contributed by atoms with E-state index in [1.54, 1.807) is 0 Å². The molecule has 1 aromatic rings. The minimum atomic E-state index is -4.06. The lowest BCUT2D eigenvalue weighted by Crippen LogP contribution is -2.27. The maximum atomic E-state index is 13.9. The van der Waals surface area contributed by atoms with Gasteiger partial charge in [-0.2, -0.15) is 0 Å². The summed E-state index contributed by atoms with van der Waals surface area (Å²) in [5, 5.41) is 12.9. The van der Waals surface area contributed by atoms with E-state index in [1.807, 2.05) is 0 Å². The Morgan fingerprint density at radius 2 is 1.89 bits per heavy atom. The molecule has 1 heterocycles. The number of halogens is 2. The number of nitrogens with one attached hydrogen (secondary N) is 1. The van der Waals surface area contributed by atoms with Crippen molar-refractivity contribution in [2.24, 2.45) is 0 Å². The van der Waals surface area contributed by atoms with Crippen molar-refractivity contribution in [2.45, 2.75) is 23.7 Å². The summed E-state index contributed by atoms with van der Waals surface area (Å²) in [6, 6.07) is 0.935. The molecule has 2 N–H and O–H groups in total. The molecule has 1 aliphatic rings. The highest BCUT2D eigenvalue weighted by atomic mass is 32.2. The number of hydrogen-bond acceptors (Lipinski definition) is 4. The minimum Gasteiger partial charge on any atom is -0.505 e. The second-order valence-corrected chi connectivity index (χ2v) is 6.69. The van der Waals surface area contributed by atoms with Crippen LogP contribution in [0, 0.1) is 11.6 Å². The van der Waals surface area contributed by atoms with Crippen LogP contribution in [0.3, 0.4) is 0 Å². The predicted molar refractivity (Wildman–Crippen MR) is 66.0 cm³/mol. The Kier molecular flexibility index (Phi) is 3.78. The molecule has 0 bridgehead atoms. The molecule has 1 aliphatic heterocycles. The van der Waals surface area contributed by atoms with Crippen LogP contribution in [-0.4, -0.2) is 32.9 Å². The first-order valence-corrected chi connectivity index (χ1v) is 7.83. The van der Waals surface area contributed by atoms with Crippen LogP contribution in [0.15, 0.2) is 11.0 Å². The number of sulfone groups is 1. The zero-order chi connectivity index (χ0) is 14.2. The van der Waals surface area contributed by atoms with Gasteiger partial charge in [-0.15, -0.1) is 0 Å². The zero-order valence-corrected chi connectivity index (χ0v) is 11.2. The average Bonchev–Trinajstić information content (AvgIpc) is 2.33. The average molecular weight is 291 g/mol. The Morgan fingerprint density at radius 3 is 2.42 bits per heavy atom. The van der Waals surface area contributed by atoms with E-state index in [1.165, 1.54) is 0 Å². The fourth-order valence-electron chi connectivity index (χ4n) is 2.39. The molecule has 1 saturated heterocycles. The van der Waals surface area contributed by atoms with Crippen LogP contribution in [0.4, 0.5) is 8.78 Å². The highest BCUT2D eigenvalue weighted by molar-refractivity contribution is 7.90. The van der Waals surface area contributed by atoms with Crippen molar-refractivity contribution >= 4 is 9.84 Å². The summed E-state index contributed by atoms with van der Waals surface area (Å²) in [4.78, 5) is -1.07. The van der Waals surface area contributed by atoms with Crippen molar-refractivity contribution in [3.63, 3.8) is 0 Å². The van der Waals surface area contributed by atoms with Gasteiger partial charge in [0.15, 0.2) is 21.4 Å². The van der Waals surface area contributed by atoms with E-state index in [-0.39, 0.29) is 11.5 Å². The molecule has 0 saturated carbocycles. The molecule has 1 aromatic carbocycles. The van der Waals surface area contributed by atoms with Crippen LogP contribution < -0.4 is 5.32 Å². The summed E-state index contributed by atoms with van der Waals surface area (Å²) in [5.74, 6) is -3.46. The Hall–Kier alpha value is -1.21. The van der Waals surface area contributed by atoms with Crippen molar-refractivity contribution in [1.29, 1.82) is 0 Å². The summed E-state index contributed by atoms with van der Waals surface area (Å²) in [7, 11) is -4.06. The Bertz CT molecular complexity index is 595. The number of benzene rings is 1. The lowest BCUT2D eigenvalue weighted by molar-refractivity contribution is 0.385. The Balaban J connectivity index is 2.54. The van der Waals surface area contributed by atoms with Crippen LogP contribution in [-0.2, 0) is 9.84 Å². The first-order valence-electron chi connectivity index (χ1n) is 5.94. The van der Waals surface area contributed by atoms with Gasteiger partial charge in [-0.1, -0.05) is 0 Å². The van der Waals surface area contributed by atoms with Gasteiger partial charge in [0.1, 0.15) is 10.7 Å². The molecule has 2 rings (SSSR count). The highest BCUT2D eigenvalue weighted by Crippen LogP contribution is 2.37. The van der Waals surface area contributed by atoms with Gasteiger partial charge in [-0.25, -0.2) is 17.2 Å². The van der Waals surface area contributed by atoms with Gasteiger partial charge in [0.25, 0.3) is 0 Å². The number of aromatic hydroxyl groups is 1. The van der Waals surface area contributed by atoms with E-state index in [0.29, 0.717) is 32.2 Å². The van der Waals surface area contributed by atoms with E-state index in [2.05, 4.69) is 5.32 Å². The molecular weight excluding hydrogens is 276 g/mol. The minimum absolute atomic E-state index is 0.143. The number of rotatable bonds is 2. The number of hydrogen-bond donors (Lipinski definition) is 2. The van der Waals surface area contributed by atoms with Crippen LogP contribution >= 0.6 is 0 Å². The summed E-state index contributed by atoms with van der Waals surface area (Å²) in [6.07, 6.45) is 1.99. The standard InChI is InChI=1S/C12H15F2NO3S/c1-19(17,18)12-9(13)6-8(11(16)10(12)14)7-2-4-15-5-3-7/h6-7,15-16H,2-5H2,1H3. The van der Waals surface area contributed by atoms with Crippen LogP contribution in [0.2, 0.25) is 0 Å². The molecule has 106 valence electrons. The van der Waals surface area contributed by atoms with Gasteiger partial charge in [-0.3, -0.25) is 0 Å². The molecule has 19 heavy (non-hydrogen) atoms. The monoisotopic (exact) mass is 291 g/mol. The molecule has 1 fully saturated rings. The summed E-state index contributed by atoms with van der Waals surface area (Å²) >= 11 is 0. The topological polar surface area (TPSA) is 66.4 Å². The van der Waals surface area contributed by atoms with Gasteiger partial charge >= 0.3 is 0 Å². The first-order chi connectivity index (χ1) is 8.82. The lowest BCUT2D eigenvalue weighted by Gasteiger charge is -2.24. The summed E-state index contributed by atoms with van der Waals surface area (Å²) in [5.41, 5.74) is 0.143. The maximum Gasteiger partial charge on any atom is 0.186 e. The highest BCUT2D eigenvalue weighted by Gasteiger charge is 2.28. The largest absolute Gasteiger partial charge is 0.505 e. The smallest absolute Gasteiger partial charge is 0.186 e. The molecule has 0 aliphatic carbocycles. The van der Waals surface area contributed by atoms with Gasteiger partial charge in [-0.05, 0) is 37.9 Å².